The van der Waals surface area contributed by atoms with Crippen LogP contribution in [0.5, 0.6) is 5.75 Å². The first-order chi connectivity index (χ1) is 10.4. The molecule has 1 saturated heterocycles. The van der Waals surface area contributed by atoms with Gasteiger partial charge in [0, 0.05) is 31.3 Å². The number of rotatable bonds is 6. The molecule has 23 heavy (non-hydrogen) atoms. The van der Waals surface area contributed by atoms with E-state index in [0.717, 1.165) is 18.9 Å². The van der Waals surface area contributed by atoms with E-state index in [4.69, 9.17) is 4.74 Å². The summed E-state index contributed by atoms with van der Waals surface area (Å²) < 4.78 is 32.2. The Labute approximate surface area is 141 Å². The predicted octanol–water partition coefficient (Wildman–Crippen LogP) is 1.40. The number of hydrogen-bond donors (Lipinski definition) is 1. The molecule has 0 amide bonds. The van der Waals surface area contributed by atoms with Gasteiger partial charge in [-0.1, -0.05) is 0 Å². The van der Waals surface area contributed by atoms with Crippen molar-refractivity contribution in [3.63, 3.8) is 0 Å². The van der Waals surface area contributed by atoms with Crippen molar-refractivity contribution in [2.75, 3.05) is 27.2 Å². The van der Waals surface area contributed by atoms with Crippen molar-refractivity contribution < 1.29 is 18.1 Å². The zero-order valence-corrected chi connectivity index (χ0v) is 14.5. The van der Waals surface area contributed by atoms with Crippen LogP contribution in [0.15, 0.2) is 23.1 Å². The number of nitro benzene ring substituents is 1. The summed E-state index contributed by atoms with van der Waals surface area (Å²) in [6.07, 6.45) is 1.53. The van der Waals surface area contributed by atoms with Gasteiger partial charge in [-0.05, 0) is 26.0 Å². The molecule has 10 heteroatoms. The summed E-state index contributed by atoms with van der Waals surface area (Å²) >= 11 is 0. The molecule has 1 fully saturated rings. The van der Waals surface area contributed by atoms with E-state index in [1.54, 1.807) is 7.05 Å². The Hall–Kier alpha value is -1.42. The zero-order chi connectivity index (χ0) is 16.3. The van der Waals surface area contributed by atoms with E-state index >= 15 is 0 Å². The Morgan fingerprint density at radius 1 is 1.48 bits per heavy atom. The second-order valence-corrected chi connectivity index (χ2v) is 6.92. The van der Waals surface area contributed by atoms with Crippen LogP contribution in [-0.2, 0) is 10.0 Å². The van der Waals surface area contributed by atoms with E-state index in [1.165, 1.54) is 23.5 Å². The van der Waals surface area contributed by atoms with Crippen LogP contribution in [0.4, 0.5) is 5.69 Å². The summed E-state index contributed by atoms with van der Waals surface area (Å²) in [5.74, 6) is 0.112. The number of benzene rings is 1. The van der Waals surface area contributed by atoms with Crippen molar-refractivity contribution in [3.05, 3.63) is 28.3 Å². The second-order valence-electron chi connectivity index (χ2n) is 5.06. The fraction of sp³-hybridized carbons (Fsp3) is 0.538. The molecule has 1 atom stereocenters. The summed E-state index contributed by atoms with van der Waals surface area (Å²) in [7, 11) is -0.741. The number of sulfonamides is 1. The highest BCUT2D eigenvalue weighted by Gasteiger charge is 2.37. The normalized spacial score (nSPS) is 18.4. The predicted molar refractivity (Wildman–Crippen MR) is 87.7 cm³/mol. The molecular weight excluding hydrogens is 346 g/mol. The van der Waals surface area contributed by atoms with E-state index in [1.807, 2.05) is 0 Å². The van der Waals surface area contributed by atoms with Gasteiger partial charge in [0.25, 0.3) is 5.69 Å². The van der Waals surface area contributed by atoms with Crippen LogP contribution in [0.25, 0.3) is 0 Å². The lowest BCUT2D eigenvalue weighted by Gasteiger charge is -2.24. The number of nitrogens with one attached hydrogen (secondary N) is 1. The average molecular weight is 366 g/mol. The van der Waals surface area contributed by atoms with Crippen molar-refractivity contribution in [1.82, 2.24) is 9.62 Å². The Bertz CT molecular complexity index is 668. The smallest absolute Gasteiger partial charge is 0.271 e. The number of likely N-dealkylation sites (N-methyl/N-ethyl adjacent to an activating group) is 1. The lowest BCUT2D eigenvalue weighted by atomic mass is 10.2. The molecule has 0 bridgehead atoms. The van der Waals surface area contributed by atoms with Crippen LogP contribution < -0.4 is 10.1 Å². The first-order valence-corrected chi connectivity index (χ1v) is 8.34. The Morgan fingerprint density at radius 3 is 2.74 bits per heavy atom. The maximum absolute atomic E-state index is 12.9. The fourth-order valence-electron chi connectivity index (χ4n) is 2.67. The lowest BCUT2D eigenvalue weighted by molar-refractivity contribution is -0.385. The van der Waals surface area contributed by atoms with Crippen LogP contribution in [0, 0.1) is 10.1 Å². The van der Waals surface area contributed by atoms with Gasteiger partial charge in [0.1, 0.15) is 10.6 Å². The van der Waals surface area contributed by atoms with E-state index in [2.05, 4.69) is 5.32 Å². The second kappa shape index (κ2) is 7.91. The summed E-state index contributed by atoms with van der Waals surface area (Å²) in [4.78, 5) is 10.1. The summed E-state index contributed by atoms with van der Waals surface area (Å²) in [5.41, 5.74) is -0.274. The molecule has 2 rings (SSSR count). The molecule has 0 saturated carbocycles. The molecule has 130 valence electrons. The fourth-order valence-corrected chi connectivity index (χ4v) is 4.54. The van der Waals surface area contributed by atoms with Gasteiger partial charge in [-0.2, -0.15) is 4.31 Å². The minimum atomic E-state index is -3.84. The van der Waals surface area contributed by atoms with Crippen LogP contribution in [-0.4, -0.2) is 50.9 Å². The summed E-state index contributed by atoms with van der Waals surface area (Å²) in [6, 6.07) is 3.45. The SMILES string of the molecule is CNCC1CCCN1S(=O)(=O)c1cc([N+](=O)[O-])ccc1OC.Cl. The highest BCUT2D eigenvalue weighted by atomic mass is 35.5. The number of hydrogen-bond acceptors (Lipinski definition) is 6. The maximum Gasteiger partial charge on any atom is 0.271 e. The molecule has 1 aromatic carbocycles. The molecular formula is C13H20ClN3O5S. The van der Waals surface area contributed by atoms with E-state index in [0.29, 0.717) is 13.1 Å². The van der Waals surface area contributed by atoms with Crippen LogP contribution in [0.3, 0.4) is 0 Å². The largest absolute Gasteiger partial charge is 0.495 e. The third kappa shape index (κ3) is 3.92. The topological polar surface area (TPSA) is 102 Å². The number of nitro groups is 1. The van der Waals surface area contributed by atoms with Gasteiger partial charge >= 0.3 is 0 Å². The highest BCUT2D eigenvalue weighted by Crippen LogP contribution is 2.33. The van der Waals surface area contributed by atoms with Crippen LogP contribution >= 0.6 is 12.4 Å². The molecule has 0 radical (unpaired) electrons. The van der Waals surface area contributed by atoms with E-state index < -0.39 is 14.9 Å². The van der Waals surface area contributed by atoms with E-state index in [-0.39, 0.29) is 34.8 Å². The first-order valence-electron chi connectivity index (χ1n) is 6.90. The Kier molecular flexibility index (Phi) is 6.75. The average Bonchev–Trinajstić information content (AvgIpc) is 2.96. The summed E-state index contributed by atoms with van der Waals surface area (Å²) in [6.45, 7) is 0.941. The molecule has 1 unspecified atom stereocenters. The van der Waals surface area contributed by atoms with Gasteiger partial charge in [-0.15, -0.1) is 12.4 Å². The zero-order valence-electron chi connectivity index (χ0n) is 12.9. The number of nitrogens with zero attached hydrogens (tertiary/aromatic N) is 2. The molecule has 1 N–H and O–H groups in total. The Balaban J connectivity index is 0.00000264. The van der Waals surface area contributed by atoms with Gasteiger partial charge in [-0.25, -0.2) is 8.42 Å². The van der Waals surface area contributed by atoms with Gasteiger partial charge < -0.3 is 10.1 Å². The molecule has 0 aromatic heterocycles. The molecule has 8 nitrogen and oxygen atoms in total. The lowest BCUT2D eigenvalue weighted by Crippen LogP contribution is -2.40. The van der Waals surface area contributed by atoms with Crippen molar-refractivity contribution in [3.8, 4) is 5.75 Å². The molecule has 1 heterocycles. The number of ether oxygens (including phenoxy) is 1. The molecule has 0 aliphatic carbocycles. The molecule has 0 spiro atoms. The third-order valence-electron chi connectivity index (χ3n) is 3.71. The number of halogens is 1. The van der Waals surface area contributed by atoms with Gasteiger partial charge in [-0.3, -0.25) is 10.1 Å². The molecule has 1 aliphatic heterocycles. The van der Waals surface area contributed by atoms with Gasteiger partial charge in [0.05, 0.1) is 12.0 Å². The molecule has 1 aromatic rings. The maximum atomic E-state index is 12.9. The number of non-ortho nitro benzene ring substituents is 1. The highest BCUT2D eigenvalue weighted by molar-refractivity contribution is 7.89. The third-order valence-corrected chi connectivity index (χ3v) is 5.68. The monoisotopic (exact) mass is 365 g/mol. The first kappa shape index (κ1) is 19.6. The Morgan fingerprint density at radius 2 is 2.17 bits per heavy atom. The molecule has 1 aliphatic rings. The van der Waals surface area contributed by atoms with Gasteiger partial charge in [0.2, 0.25) is 10.0 Å². The minimum absolute atomic E-state index is 0. The van der Waals surface area contributed by atoms with Crippen molar-refractivity contribution in [2.45, 2.75) is 23.8 Å². The van der Waals surface area contributed by atoms with Crippen molar-refractivity contribution in [1.29, 1.82) is 0 Å². The van der Waals surface area contributed by atoms with Crippen molar-refractivity contribution in [2.24, 2.45) is 0 Å². The number of methoxy groups -OCH3 is 1. The standard InChI is InChI=1S/C13H19N3O5S.ClH/c1-14-9-11-4-3-7-15(11)22(19,20)13-8-10(16(17)18)5-6-12(13)21-2;/h5-6,8,11,14H,3-4,7,9H2,1-2H3;1H. The van der Waals surface area contributed by atoms with E-state index in [9.17, 15) is 18.5 Å². The van der Waals surface area contributed by atoms with Gasteiger partial charge in [0.15, 0.2) is 0 Å². The minimum Gasteiger partial charge on any atom is -0.495 e. The van der Waals surface area contributed by atoms with Crippen LogP contribution in [0.2, 0.25) is 0 Å². The van der Waals surface area contributed by atoms with Crippen LogP contribution in [0.1, 0.15) is 12.8 Å². The quantitative estimate of drug-likeness (QED) is 0.604. The summed E-state index contributed by atoms with van der Waals surface area (Å²) in [5, 5.41) is 13.9. The van der Waals surface area contributed by atoms with Crippen molar-refractivity contribution >= 4 is 28.1 Å².